The summed E-state index contributed by atoms with van der Waals surface area (Å²) >= 11 is -1.12. The fourth-order valence-electron chi connectivity index (χ4n) is 5.32. The van der Waals surface area contributed by atoms with Gasteiger partial charge in [-0.25, -0.2) is 14.4 Å². The summed E-state index contributed by atoms with van der Waals surface area (Å²) in [6.07, 6.45) is 3.45. The highest BCUT2D eigenvalue weighted by molar-refractivity contribution is 7.91. The minimum atomic E-state index is -1.12. The Hall–Kier alpha value is -2.92. The van der Waals surface area contributed by atoms with Crippen LogP contribution in [-0.4, -0.2) is 68.8 Å². The predicted octanol–water partition coefficient (Wildman–Crippen LogP) is 3.01. The number of likely N-dealkylation sites (tertiary alicyclic amines) is 1. The zero-order valence-electron chi connectivity index (χ0n) is 20.4. The van der Waals surface area contributed by atoms with Crippen LogP contribution in [0.3, 0.4) is 0 Å². The average molecular weight is 513 g/mol. The van der Waals surface area contributed by atoms with Crippen LogP contribution in [0.25, 0.3) is 11.1 Å². The van der Waals surface area contributed by atoms with Gasteiger partial charge in [0.1, 0.15) is 22.8 Å². The molecular weight excluding hydrogens is 483 g/mol. The van der Waals surface area contributed by atoms with Crippen LogP contribution in [-0.2, 0) is 27.8 Å². The molecule has 2 fully saturated rings. The minimum absolute atomic E-state index is 0.0609. The first-order chi connectivity index (χ1) is 17.3. The number of rotatable bonds is 4. The molecular formula is C25H29FN6O3S. The van der Waals surface area contributed by atoms with Crippen molar-refractivity contribution in [2.75, 3.05) is 42.7 Å². The van der Waals surface area contributed by atoms with Crippen LogP contribution in [0.4, 0.5) is 16.2 Å². The highest BCUT2D eigenvalue weighted by atomic mass is 32.2. The van der Waals surface area contributed by atoms with Gasteiger partial charge in [-0.05, 0) is 42.6 Å². The quantitative estimate of drug-likeness (QED) is 0.531. The predicted molar refractivity (Wildman–Crippen MR) is 134 cm³/mol. The van der Waals surface area contributed by atoms with E-state index < -0.39 is 11.2 Å². The molecule has 1 amide bonds. The average Bonchev–Trinajstić information content (AvgIpc) is 3.46. The number of oxazole rings is 1. The van der Waals surface area contributed by atoms with Crippen molar-refractivity contribution in [1.29, 1.82) is 0 Å². The number of carbonyl (C=O) groups excluding carboxylic acids is 1. The molecule has 0 bridgehead atoms. The summed E-state index contributed by atoms with van der Waals surface area (Å²) in [5.74, 6) is 2.27. The van der Waals surface area contributed by atoms with E-state index in [9.17, 15) is 13.7 Å². The second-order valence-corrected chi connectivity index (χ2v) is 11.8. The van der Waals surface area contributed by atoms with E-state index in [4.69, 9.17) is 14.4 Å². The van der Waals surface area contributed by atoms with Gasteiger partial charge in [-0.2, -0.15) is 4.98 Å². The zero-order chi connectivity index (χ0) is 25.0. The summed E-state index contributed by atoms with van der Waals surface area (Å²) in [4.78, 5) is 30.7. The molecule has 1 N–H and O–H groups in total. The number of amides is 1. The van der Waals surface area contributed by atoms with Crippen LogP contribution >= 0.6 is 0 Å². The summed E-state index contributed by atoms with van der Waals surface area (Å²) in [5, 5.41) is 3.48. The Morgan fingerprint density at radius 2 is 2.03 bits per heavy atom. The summed E-state index contributed by atoms with van der Waals surface area (Å²) in [6, 6.07) is 4.47. The van der Waals surface area contributed by atoms with Gasteiger partial charge < -0.3 is 24.1 Å². The number of carbonyl (C=O) groups is 1. The minimum Gasteiger partial charge on any atom is -0.611 e. The van der Waals surface area contributed by atoms with E-state index >= 15 is 0 Å². The van der Waals surface area contributed by atoms with Crippen molar-refractivity contribution in [1.82, 2.24) is 19.9 Å². The van der Waals surface area contributed by atoms with E-state index in [0.29, 0.717) is 71.9 Å². The Kier molecular flexibility index (Phi) is 5.79. The molecule has 3 aromatic rings. The van der Waals surface area contributed by atoms with Gasteiger partial charge in [0, 0.05) is 57.0 Å². The maximum Gasteiger partial charge on any atom is 0.227 e. The van der Waals surface area contributed by atoms with Crippen molar-refractivity contribution < 1.29 is 18.2 Å². The number of hydrogen-bond donors (Lipinski definition) is 1. The number of nitrogens with one attached hydrogen (secondary N) is 1. The van der Waals surface area contributed by atoms with Gasteiger partial charge in [-0.15, -0.1) is 0 Å². The molecule has 11 heteroatoms. The fraction of sp³-hybridized carbons (Fsp3) is 0.520. The van der Waals surface area contributed by atoms with Gasteiger partial charge in [0.05, 0.1) is 0 Å². The molecule has 9 nitrogen and oxygen atoms in total. The van der Waals surface area contributed by atoms with Gasteiger partial charge in [0.2, 0.25) is 22.6 Å². The lowest BCUT2D eigenvalue weighted by atomic mass is 9.80. The Labute approximate surface area is 211 Å². The largest absolute Gasteiger partial charge is 0.611 e. The highest BCUT2D eigenvalue weighted by Gasteiger charge is 2.39. The van der Waals surface area contributed by atoms with Crippen molar-refractivity contribution in [2.24, 2.45) is 0 Å². The monoisotopic (exact) mass is 512 g/mol. The molecule has 2 saturated heterocycles. The smallest absolute Gasteiger partial charge is 0.227 e. The van der Waals surface area contributed by atoms with Crippen LogP contribution in [0.1, 0.15) is 44.2 Å². The summed E-state index contributed by atoms with van der Waals surface area (Å²) < 4.78 is 32.4. The second kappa shape index (κ2) is 8.88. The lowest BCUT2D eigenvalue weighted by molar-refractivity contribution is -0.132. The van der Waals surface area contributed by atoms with E-state index in [2.05, 4.69) is 22.1 Å². The standard InChI is InChI=1S/C25H29FN6O3S/c1-25(23-28-18-13-15(26)3-5-19(18)35-23)8-10-32(11-9-25)24-29-17-7-12-36(34)21(17)22(30-24)27-16-4-6-20(33)31(2)14-16/h3,5,13,16H,4,6-12,14H2,1-2H3,(H,27,29,30). The number of halogens is 1. The maximum atomic E-state index is 13.6. The van der Waals surface area contributed by atoms with Crippen molar-refractivity contribution >= 4 is 39.9 Å². The Bertz CT molecular complexity index is 1320. The number of piperidine rings is 2. The molecule has 3 aliphatic heterocycles. The molecule has 2 atom stereocenters. The molecule has 36 heavy (non-hydrogen) atoms. The van der Waals surface area contributed by atoms with Crippen LogP contribution in [0, 0.1) is 5.82 Å². The topological polar surface area (TPSA) is 110 Å². The highest BCUT2D eigenvalue weighted by Crippen LogP contribution is 2.38. The fourth-order valence-corrected chi connectivity index (χ4v) is 6.63. The van der Waals surface area contributed by atoms with E-state index in [0.717, 1.165) is 25.0 Å². The molecule has 6 rings (SSSR count). The lowest BCUT2D eigenvalue weighted by Gasteiger charge is -2.37. The number of hydrogen-bond acceptors (Lipinski definition) is 8. The number of likely N-dealkylation sites (N-methyl/N-ethyl adjacent to an activating group) is 1. The SMILES string of the molecule is CN1CC(Nc2nc(N3CCC(C)(c4nc5cc(F)ccc5o4)CC3)nc3c2[S+]([O-])CC3)CCC1=O. The molecule has 2 unspecified atom stereocenters. The van der Waals surface area contributed by atoms with Gasteiger partial charge in [0.15, 0.2) is 11.4 Å². The first kappa shape index (κ1) is 23.5. The van der Waals surface area contributed by atoms with Crippen molar-refractivity contribution in [3.63, 3.8) is 0 Å². The molecule has 5 heterocycles. The van der Waals surface area contributed by atoms with Crippen LogP contribution < -0.4 is 10.2 Å². The van der Waals surface area contributed by atoms with Crippen molar-refractivity contribution in [2.45, 2.75) is 55.4 Å². The molecule has 2 aromatic heterocycles. The third-order valence-corrected chi connectivity index (χ3v) is 9.12. The molecule has 0 aliphatic carbocycles. The lowest BCUT2D eigenvalue weighted by Crippen LogP contribution is -2.44. The Morgan fingerprint density at radius 1 is 1.22 bits per heavy atom. The van der Waals surface area contributed by atoms with Crippen LogP contribution in [0.5, 0.6) is 0 Å². The Balaban J connectivity index is 1.22. The summed E-state index contributed by atoms with van der Waals surface area (Å²) in [6.45, 7) is 4.15. The second-order valence-electron chi connectivity index (χ2n) is 10.3. The number of nitrogens with zero attached hydrogens (tertiary/aromatic N) is 5. The van der Waals surface area contributed by atoms with Crippen LogP contribution in [0.15, 0.2) is 27.5 Å². The Morgan fingerprint density at radius 3 is 2.81 bits per heavy atom. The molecule has 0 spiro atoms. The molecule has 190 valence electrons. The van der Waals surface area contributed by atoms with E-state index in [-0.39, 0.29) is 23.2 Å². The number of aromatic nitrogens is 3. The number of benzene rings is 1. The van der Waals surface area contributed by atoms with Gasteiger partial charge in [0.25, 0.3) is 0 Å². The number of anilines is 2. The van der Waals surface area contributed by atoms with Crippen molar-refractivity contribution in [3.8, 4) is 0 Å². The van der Waals surface area contributed by atoms with Crippen molar-refractivity contribution in [3.05, 3.63) is 35.6 Å². The van der Waals surface area contributed by atoms with E-state index in [1.807, 2.05) is 7.05 Å². The number of fused-ring (bicyclic) bond motifs is 2. The van der Waals surface area contributed by atoms with Gasteiger partial charge in [-0.1, -0.05) is 6.92 Å². The number of aryl methyl sites for hydroxylation is 1. The maximum absolute atomic E-state index is 13.6. The third-order valence-electron chi connectivity index (χ3n) is 7.66. The van der Waals surface area contributed by atoms with E-state index in [1.165, 1.54) is 12.1 Å². The summed E-state index contributed by atoms with van der Waals surface area (Å²) in [5.41, 5.74) is 1.70. The summed E-state index contributed by atoms with van der Waals surface area (Å²) in [7, 11) is 1.81. The third kappa shape index (κ3) is 4.17. The van der Waals surface area contributed by atoms with Gasteiger partial charge in [-0.3, -0.25) is 4.79 Å². The molecule has 3 aliphatic rings. The van der Waals surface area contributed by atoms with E-state index in [1.54, 1.807) is 11.0 Å². The zero-order valence-corrected chi connectivity index (χ0v) is 21.2. The van der Waals surface area contributed by atoms with Crippen LogP contribution in [0.2, 0.25) is 0 Å². The normalized spacial score (nSPS) is 23.8. The molecule has 1 aromatic carbocycles. The molecule has 0 saturated carbocycles. The first-order valence-electron chi connectivity index (χ1n) is 12.4. The molecule has 0 radical (unpaired) electrons. The first-order valence-corrected chi connectivity index (χ1v) is 13.7. The van der Waals surface area contributed by atoms with Gasteiger partial charge >= 0.3 is 0 Å².